The molecule has 0 spiro atoms. The van der Waals surface area contributed by atoms with Crippen LogP contribution in [-0.2, 0) is 27.1 Å². The molecule has 0 bridgehead atoms. The first-order valence-corrected chi connectivity index (χ1v) is 14.6. The average Bonchev–Trinajstić information content (AvgIpc) is 3.46. The molecule has 1 aromatic heterocycles. The molecule has 2 aliphatic rings. The fourth-order valence-corrected chi connectivity index (χ4v) is 7.47. The molecule has 6 nitrogen and oxygen atoms in total. The van der Waals surface area contributed by atoms with Crippen molar-refractivity contribution in [3.8, 4) is 0 Å². The molecule has 0 radical (unpaired) electrons. The number of fused-ring (bicyclic) bond motifs is 1. The number of thioether (sulfide) groups is 1. The molecule has 2 saturated heterocycles. The highest BCUT2D eigenvalue weighted by Crippen LogP contribution is 2.31. The summed E-state index contributed by atoms with van der Waals surface area (Å²) in [5, 5.41) is 0.909. The lowest BCUT2D eigenvalue weighted by Gasteiger charge is -2.30. The van der Waals surface area contributed by atoms with Crippen molar-refractivity contribution >= 4 is 32.8 Å². The Kier molecular flexibility index (Phi) is 7.02. The molecule has 8 heteroatoms. The molecule has 0 amide bonds. The van der Waals surface area contributed by atoms with Crippen molar-refractivity contribution in [2.45, 2.75) is 68.0 Å². The number of hydrogen-bond acceptors (Lipinski definition) is 5. The molecule has 182 valence electrons. The van der Waals surface area contributed by atoms with Crippen molar-refractivity contribution in [3.05, 3.63) is 53.6 Å². The fourth-order valence-electron chi connectivity index (χ4n) is 4.87. The summed E-state index contributed by atoms with van der Waals surface area (Å²) in [6.07, 6.45) is 4.30. The summed E-state index contributed by atoms with van der Waals surface area (Å²) in [4.78, 5) is 5.25. The van der Waals surface area contributed by atoms with Gasteiger partial charge in [-0.2, -0.15) is 4.31 Å². The van der Waals surface area contributed by atoms with E-state index in [4.69, 9.17) is 9.72 Å². The highest BCUT2D eigenvalue weighted by atomic mass is 32.2. The maximum atomic E-state index is 13.4. The Balaban J connectivity index is 1.46. The maximum absolute atomic E-state index is 13.4. The monoisotopic (exact) mass is 499 g/mol. The Morgan fingerprint density at radius 3 is 2.68 bits per heavy atom. The fraction of sp³-hybridized carbons (Fsp3) is 0.500. The Hall–Kier alpha value is -1.87. The Morgan fingerprint density at radius 1 is 1.12 bits per heavy atom. The summed E-state index contributed by atoms with van der Waals surface area (Å²) in [5.74, 6) is 1.20. The van der Waals surface area contributed by atoms with Gasteiger partial charge in [0, 0.05) is 25.4 Å². The van der Waals surface area contributed by atoms with Crippen LogP contribution in [0.15, 0.2) is 52.5 Å². The molecule has 0 unspecified atom stereocenters. The molecule has 0 N–H and O–H groups in total. The Morgan fingerprint density at radius 2 is 1.94 bits per heavy atom. The van der Waals surface area contributed by atoms with Gasteiger partial charge in [-0.15, -0.1) is 0 Å². The molecule has 5 rings (SSSR count). The molecule has 0 aliphatic carbocycles. The van der Waals surface area contributed by atoms with Gasteiger partial charge in [0.2, 0.25) is 10.0 Å². The van der Waals surface area contributed by atoms with Crippen molar-refractivity contribution in [1.29, 1.82) is 0 Å². The number of piperidine rings is 1. The molecule has 3 heterocycles. The van der Waals surface area contributed by atoms with Crippen molar-refractivity contribution in [2.24, 2.45) is 5.92 Å². The van der Waals surface area contributed by atoms with Gasteiger partial charge in [0.1, 0.15) is 0 Å². The topological polar surface area (TPSA) is 64.4 Å². The summed E-state index contributed by atoms with van der Waals surface area (Å²) in [5.41, 5.74) is 4.19. The van der Waals surface area contributed by atoms with E-state index < -0.39 is 10.0 Å². The van der Waals surface area contributed by atoms with E-state index in [2.05, 4.69) is 42.7 Å². The van der Waals surface area contributed by atoms with Crippen molar-refractivity contribution in [2.75, 3.05) is 19.7 Å². The predicted octanol–water partition coefficient (Wildman–Crippen LogP) is 5.24. The molecule has 0 saturated carbocycles. The van der Waals surface area contributed by atoms with Crippen LogP contribution in [0.2, 0.25) is 0 Å². The molecular formula is C26H33N3O3S2. The number of hydrogen-bond donors (Lipinski definition) is 0. The number of ether oxygens (including phenoxy) is 1. The van der Waals surface area contributed by atoms with E-state index in [1.165, 1.54) is 11.1 Å². The van der Waals surface area contributed by atoms with Gasteiger partial charge in [-0.1, -0.05) is 48.5 Å². The number of aromatic nitrogens is 2. The zero-order valence-corrected chi connectivity index (χ0v) is 21.6. The number of nitrogens with zero attached hydrogens (tertiary/aromatic N) is 3. The van der Waals surface area contributed by atoms with Crippen LogP contribution in [0.4, 0.5) is 0 Å². The zero-order valence-electron chi connectivity index (χ0n) is 19.9. The van der Waals surface area contributed by atoms with Crippen LogP contribution in [0.25, 0.3) is 11.0 Å². The molecule has 2 aromatic carbocycles. The summed E-state index contributed by atoms with van der Waals surface area (Å²) in [7, 11) is -3.52. The molecule has 3 aromatic rings. The summed E-state index contributed by atoms with van der Waals surface area (Å²) in [6.45, 7) is 6.94. The van der Waals surface area contributed by atoms with Gasteiger partial charge in [-0.05, 0) is 62.3 Å². The SMILES string of the molecule is Cc1ccc(CSc2nc3cc(S(=O)(=O)N4CCC[C@@H](C)C4)ccc3n2C[C@H]2CCCO2)cc1. The largest absolute Gasteiger partial charge is 0.376 e. The molecule has 2 aliphatic heterocycles. The third kappa shape index (κ3) is 5.05. The van der Waals surface area contributed by atoms with E-state index in [1.807, 2.05) is 6.07 Å². The second-order valence-corrected chi connectivity index (χ2v) is 12.6. The van der Waals surface area contributed by atoms with Crippen molar-refractivity contribution in [1.82, 2.24) is 13.9 Å². The molecule has 2 fully saturated rings. The Bertz CT molecular complexity index is 1250. The number of rotatable bonds is 7. The normalized spacial score (nSPS) is 21.9. The standard InChI is InChI=1S/C26H33N3O3S2/c1-19-7-9-21(10-8-19)18-33-26-27-24-15-23(34(30,31)28-13-3-5-20(2)16-28)11-12-25(24)29(26)17-22-6-4-14-32-22/h7-12,15,20,22H,3-6,13-14,16-18H2,1-2H3/t20-,22-/m1/s1. The van der Waals surface area contributed by atoms with Crippen LogP contribution < -0.4 is 0 Å². The second-order valence-electron chi connectivity index (χ2n) is 9.68. The zero-order chi connectivity index (χ0) is 23.7. The summed E-state index contributed by atoms with van der Waals surface area (Å²) >= 11 is 1.69. The number of sulfonamides is 1. The van der Waals surface area contributed by atoms with Crippen LogP contribution in [0.3, 0.4) is 0 Å². The van der Waals surface area contributed by atoms with Crippen LogP contribution in [0.5, 0.6) is 0 Å². The highest BCUT2D eigenvalue weighted by molar-refractivity contribution is 7.98. The summed E-state index contributed by atoms with van der Waals surface area (Å²) < 4.78 is 36.5. The van der Waals surface area contributed by atoms with Gasteiger partial charge in [0.25, 0.3) is 0 Å². The number of imidazole rings is 1. The minimum atomic E-state index is -3.52. The number of aryl methyl sites for hydroxylation is 1. The number of benzene rings is 2. The van der Waals surface area contributed by atoms with Gasteiger partial charge in [-0.3, -0.25) is 0 Å². The lowest BCUT2D eigenvalue weighted by Crippen LogP contribution is -2.39. The van der Waals surface area contributed by atoms with Crippen molar-refractivity contribution < 1.29 is 13.2 Å². The summed E-state index contributed by atoms with van der Waals surface area (Å²) in [6, 6.07) is 14.0. The van der Waals surface area contributed by atoms with Crippen LogP contribution in [0.1, 0.15) is 43.7 Å². The minimum Gasteiger partial charge on any atom is -0.376 e. The van der Waals surface area contributed by atoms with Gasteiger partial charge in [0.15, 0.2) is 5.16 Å². The molecular weight excluding hydrogens is 466 g/mol. The van der Waals surface area contributed by atoms with E-state index in [1.54, 1.807) is 28.2 Å². The van der Waals surface area contributed by atoms with Gasteiger partial charge in [-0.25, -0.2) is 13.4 Å². The first-order valence-electron chi connectivity index (χ1n) is 12.2. The highest BCUT2D eigenvalue weighted by Gasteiger charge is 2.29. The van der Waals surface area contributed by atoms with E-state index in [-0.39, 0.29) is 6.10 Å². The Labute approximate surface area is 206 Å². The van der Waals surface area contributed by atoms with Gasteiger partial charge >= 0.3 is 0 Å². The third-order valence-electron chi connectivity index (χ3n) is 6.84. The van der Waals surface area contributed by atoms with Crippen LogP contribution in [0, 0.1) is 12.8 Å². The first-order chi connectivity index (χ1) is 16.4. The third-order valence-corrected chi connectivity index (χ3v) is 9.75. The van der Waals surface area contributed by atoms with E-state index in [0.29, 0.717) is 23.9 Å². The second kappa shape index (κ2) is 10.0. The van der Waals surface area contributed by atoms with Crippen LogP contribution >= 0.6 is 11.8 Å². The average molecular weight is 500 g/mol. The lowest BCUT2D eigenvalue weighted by atomic mass is 10.0. The lowest BCUT2D eigenvalue weighted by molar-refractivity contribution is 0.0960. The molecule has 2 atom stereocenters. The van der Waals surface area contributed by atoms with Crippen molar-refractivity contribution in [3.63, 3.8) is 0 Å². The van der Waals surface area contributed by atoms with E-state index in [0.717, 1.165) is 60.8 Å². The quantitative estimate of drug-likeness (QED) is 0.416. The minimum absolute atomic E-state index is 0.175. The maximum Gasteiger partial charge on any atom is 0.243 e. The first kappa shape index (κ1) is 23.9. The van der Waals surface area contributed by atoms with Crippen LogP contribution in [-0.4, -0.2) is 48.1 Å². The van der Waals surface area contributed by atoms with E-state index in [9.17, 15) is 8.42 Å². The smallest absolute Gasteiger partial charge is 0.243 e. The van der Waals surface area contributed by atoms with E-state index >= 15 is 0 Å². The van der Waals surface area contributed by atoms with Gasteiger partial charge < -0.3 is 9.30 Å². The van der Waals surface area contributed by atoms with Gasteiger partial charge in [0.05, 0.1) is 28.6 Å². The predicted molar refractivity (Wildman–Crippen MR) is 137 cm³/mol. The molecule has 34 heavy (non-hydrogen) atoms.